The number of halogens is 1. The zero-order valence-electron chi connectivity index (χ0n) is 81.6. The third-order valence-corrected chi connectivity index (χ3v) is 22.5. The number of nitrogens with one attached hydrogen (secondary N) is 10. The van der Waals surface area contributed by atoms with Crippen LogP contribution in [-0.4, -0.2) is 438 Å². The molecule has 8 amide bonds. The predicted molar refractivity (Wildman–Crippen MR) is 534 cm³/mol. The predicted octanol–water partition coefficient (Wildman–Crippen LogP) is 1.20. The molecule has 52 heteroatoms. The van der Waals surface area contributed by atoms with Gasteiger partial charge in [0.05, 0.1) is 191 Å². The number of carboxylic acid groups (broad SMARTS) is 8. The highest BCUT2D eigenvalue weighted by Gasteiger charge is 2.31. The number of aliphatic carboxylic acids is 8. The van der Waals surface area contributed by atoms with Crippen LogP contribution in [0, 0.1) is 3.57 Å². The van der Waals surface area contributed by atoms with Gasteiger partial charge in [-0.05, 0) is 153 Å². The van der Waals surface area contributed by atoms with Gasteiger partial charge < -0.3 is 146 Å². The number of carbonyl (C=O) groups is 14. The zero-order chi connectivity index (χ0) is 105. The third kappa shape index (κ3) is 61.8. The van der Waals surface area contributed by atoms with Crippen LogP contribution in [-0.2, 0) is 129 Å². The molecule has 18 N–H and O–H groups in total. The normalized spacial score (nSPS) is 14.2. The van der Waals surface area contributed by atoms with Gasteiger partial charge in [0.2, 0.25) is 23.6 Å². The Kier molecular flexibility index (Phi) is 65.5. The molecule has 5 atom stereocenters. The van der Waals surface area contributed by atoms with Crippen LogP contribution in [0.25, 0.3) is 11.3 Å². The van der Waals surface area contributed by atoms with Gasteiger partial charge in [0.25, 0.3) is 0 Å². The topological polar surface area (TPSA) is 666 Å². The molecule has 145 heavy (non-hydrogen) atoms. The number of carbonyl (C=O) groups excluding carboxylic acids is 6. The molecule has 1 saturated heterocycles. The standard InChI is InChI=1S/C93H142IN17O33S/c94-70-17-13-68(14-18-70)59-81(114)95-25-4-2-11-75(88(126)127)102-80(113)24-37-135-41-45-139-48-50-141-52-54-143-56-57-144-55-53-142-51-49-140-46-42-136-38-28-96-87(125)74(10-1-6-27-98-93(145)100-71-19-15-67(16-20-71)58-73-61-109(65-85(121)122)32-31-107(63-83(117)118)29-30-108(64-84(119)120)33-34-110(73)66-86(123)124)101-79(112)23-36-134-40-44-138-47-43-137-39-35-111-62-78(105-106-111)69-8-7-9-72(60-69)99-91(132)97-26-5-3-12-76(89(128)129)103-92(133)104-77(90(130)131)21-22-82(115)116/h7-9,13-20,60,62,73-77H,1-6,10-12,21-59,61,63-66H2,(H,95,114)(H,96,125)(H,101,112)(H,102,113)(H,115,116)(H,117,118)(H,119,120)(H,121,122)(H,123,124)(H,126,127)(H,128,129)(H,130,131)(H2,97,99,132)(H2,98,100,145)(H2,103,104,133)/t73?,74?,75?,76?,77-/m0/s1. The van der Waals surface area contributed by atoms with Gasteiger partial charge in [0, 0.05) is 118 Å². The number of amides is 8. The Balaban J connectivity index is 0.954. The highest BCUT2D eigenvalue weighted by molar-refractivity contribution is 14.1. The molecule has 0 aliphatic carbocycles. The minimum Gasteiger partial charge on any atom is -0.481 e. The summed E-state index contributed by atoms with van der Waals surface area (Å²) >= 11 is 7.83. The van der Waals surface area contributed by atoms with E-state index in [9.17, 15) is 103 Å². The first-order valence-electron chi connectivity index (χ1n) is 48.0. The van der Waals surface area contributed by atoms with Crippen molar-refractivity contribution in [3.8, 4) is 11.3 Å². The molecule has 3 aromatic carbocycles. The number of urea groups is 2. The van der Waals surface area contributed by atoms with Gasteiger partial charge in [-0.2, -0.15) is 0 Å². The van der Waals surface area contributed by atoms with Crippen molar-refractivity contribution < 1.29 is 160 Å². The van der Waals surface area contributed by atoms with E-state index in [1.165, 1.54) is 0 Å². The van der Waals surface area contributed by atoms with Crippen molar-refractivity contribution in [2.24, 2.45) is 0 Å². The Morgan fingerprint density at radius 3 is 1.31 bits per heavy atom. The SMILES string of the molecule is O=C(O)CC[C@H](NC(=O)NC(CCCCNC(=O)Nc1cccc(-c2cn(CCOCCOCCOCCC(=O)NC(CCCCNC(=S)Nc3ccc(CC4CN(CC(=O)O)CCN(CC(=O)O)CCN(CC(=O)O)CCN4CC(=O)O)cc3)C(=O)NCCOCCOCCOCCOCCOCCOCCOCCOCCC(=O)NC(CCCCNC(=O)Cc3ccc(I)cc3)C(=O)O)nn2)c1)C(=O)O)C(=O)O. The number of benzene rings is 3. The smallest absolute Gasteiger partial charge is 0.326 e. The summed E-state index contributed by atoms with van der Waals surface area (Å²) in [5, 5.41) is 112. The van der Waals surface area contributed by atoms with E-state index in [2.05, 4.69) is 86.1 Å². The monoisotopic (exact) mass is 2180 g/mol. The van der Waals surface area contributed by atoms with E-state index in [1.807, 2.05) is 36.4 Å². The van der Waals surface area contributed by atoms with Crippen molar-refractivity contribution >= 4 is 135 Å². The molecule has 2 heterocycles. The lowest BCUT2D eigenvalue weighted by atomic mass is 10.0. The molecule has 0 spiro atoms. The fourth-order valence-electron chi connectivity index (χ4n) is 14.1. The number of nitrogens with zero attached hydrogens (tertiary/aromatic N) is 7. The number of rotatable bonds is 80. The van der Waals surface area contributed by atoms with E-state index in [0.29, 0.717) is 140 Å². The molecule has 50 nitrogen and oxygen atoms in total. The summed E-state index contributed by atoms with van der Waals surface area (Å²) in [6, 6.07) is 14.6. The molecule has 1 aliphatic heterocycles. The van der Waals surface area contributed by atoms with Crippen molar-refractivity contribution in [2.45, 2.75) is 133 Å². The van der Waals surface area contributed by atoms with Crippen LogP contribution in [0.4, 0.5) is 21.0 Å². The molecule has 0 saturated carbocycles. The minimum absolute atomic E-state index is 0.0112. The van der Waals surface area contributed by atoms with Crippen LogP contribution in [0.15, 0.2) is 79.0 Å². The second kappa shape index (κ2) is 76.4. The summed E-state index contributed by atoms with van der Waals surface area (Å²) in [5.74, 6) is -11.1. The molecular formula is C93H142IN17O33S. The Hall–Kier alpha value is -11.2. The van der Waals surface area contributed by atoms with Crippen molar-refractivity contribution in [3.05, 3.63) is 93.7 Å². The van der Waals surface area contributed by atoms with Gasteiger partial charge >= 0.3 is 59.8 Å². The van der Waals surface area contributed by atoms with Crippen LogP contribution < -0.4 is 53.2 Å². The molecule has 810 valence electrons. The number of hydrogen-bond donors (Lipinski definition) is 18. The number of hydrogen-bond acceptors (Lipinski definition) is 32. The molecule has 0 radical (unpaired) electrons. The van der Waals surface area contributed by atoms with Gasteiger partial charge in [-0.15, -0.1) is 5.10 Å². The Morgan fingerprint density at radius 1 is 0.386 bits per heavy atom. The van der Waals surface area contributed by atoms with Crippen molar-refractivity contribution in [1.29, 1.82) is 0 Å². The molecule has 1 aliphatic rings. The first kappa shape index (κ1) is 124. The minimum atomic E-state index is -1.54. The summed E-state index contributed by atoms with van der Waals surface area (Å²) in [6.45, 7) is 6.72. The summed E-state index contributed by atoms with van der Waals surface area (Å²) in [7, 11) is 0. The van der Waals surface area contributed by atoms with Gasteiger partial charge in [-0.3, -0.25) is 62.8 Å². The van der Waals surface area contributed by atoms with Crippen LogP contribution in [0.3, 0.4) is 0 Å². The van der Waals surface area contributed by atoms with Crippen molar-refractivity contribution in [1.82, 2.24) is 77.1 Å². The maximum Gasteiger partial charge on any atom is 0.326 e. The number of thiocarbonyl (C=S) groups is 1. The molecular weight excluding hydrogens is 2040 g/mol. The van der Waals surface area contributed by atoms with Gasteiger partial charge in [-0.1, -0.05) is 41.6 Å². The largest absolute Gasteiger partial charge is 0.481 e. The molecule has 4 unspecified atom stereocenters. The van der Waals surface area contributed by atoms with E-state index in [0.717, 1.165) is 14.7 Å². The summed E-state index contributed by atoms with van der Waals surface area (Å²) in [4.78, 5) is 177. The summed E-state index contributed by atoms with van der Waals surface area (Å²) in [5.41, 5.74) is 3.91. The van der Waals surface area contributed by atoms with Crippen LogP contribution in [0.5, 0.6) is 0 Å². The Bertz CT molecular complexity index is 4500. The average molecular weight is 2190 g/mol. The lowest BCUT2D eigenvalue weighted by Crippen LogP contribution is -2.53. The highest BCUT2D eigenvalue weighted by Crippen LogP contribution is 2.22. The summed E-state index contributed by atoms with van der Waals surface area (Å²) < 4.78 is 64.3. The second-order valence-corrected chi connectivity index (χ2v) is 34.8. The van der Waals surface area contributed by atoms with E-state index in [4.69, 9.17) is 69.4 Å². The van der Waals surface area contributed by atoms with E-state index in [-0.39, 0.29) is 214 Å². The fourth-order valence-corrected chi connectivity index (χ4v) is 14.7. The number of unbranched alkanes of at least 4 members (excludes halogenated alkanes) is 3. The van der Waals surface area contributed by atoms with Gasteiger partial charge in [-0.25, -0.2) is 28.7 Å². The fraction of sp³-hybridized carbons (Fsp3) is 0.624. The van der Waals surface area contributed by atoms with E-state index >= 15 is 0 Å². The van der Waals surface area contributed by atoms with Crippen LogP contribution in [0.1, 0.15) is 94.6 Å². The van der Waals surface area contributed by atoms with Crippen LogP contribution in [0.2, 0.25) is 0 Å². The molecule has 5 rings (SSSR count). The lowest BCUT2D eigenvalue weighted by molar-refractivity contribution is -0.142. The maximum atomic E-state index is 13.7. The van der Waals surface area contributed by atoms with Gasteiger partial charge in [0.15, 0.2) is 5.11 Å². The van der Waals surface area contributed by atoms with E-state index < -0.39 is 134 Å². The first-order valence-corrected chi connectivity index (χ1v) is 49.5. The quantitative estimate of drug-likeness (QED) is 0.0168. The third-order valence-electron chi connectivity index (χ3n) is 21.6. The van der Waals surface area contributed by atoms with Gasteiger partial charge in [0.1, 0.15) is 29.9 Å². The van der Waals surface area contributed by atoms with E-state index in [1.54, 1.807) is 66.9 Å². The van der Waals surface area contributed by atoms with Crippen molar-refractivity contribution in [2.75, 3.05) is 254 Å². The Labute approximate surface area is 859 Å². The first-order chi connectivity index (χ1) is 69.9. The highest BCUT2D eigenvalue weighted by atomic mass is 127. The molecule has 4 aromatic rings. The van der Waals surface area contributed by atoms with Crippen molar-refractivity contribution in [3.63, 3.8) is 0 Å². The maximum absolute atomic E-state index is 13.7. The van der Waals surface area contributed by atoms with Crippen LogP contribution >= 0.6 is 34.8 Å². The average Bonchev–Trinajstić information content (AvgIpc) is 1.77. The zero-order valence-corrected chi connectivity index (χ0v) is 84.5. The number of aromatic nitrogens is 3. The second-order valence-electron chi connectivity index (χ2n) is 33.2. The lowest BCUT2D eigenvalue weighted by Gasteiger charge is -2.37. The molecule has 1 aromatic heterocycles. The number of carboxylic acids is 8. The molecule has 0 bridgehead atoms. The summed E-state index contributed by atoms with van der Waals surface area (Å²) in [6.07, 6.45) is 4.33. The Morgan fingerprint density at radius 2 is 0.814 bits per heavy atom. The number of anilines is 2. The molecule has 1 fully saturated rings. The number of ether oxygens (including phenoxy) is 11.